The van der Waals surface area contributed by atoms with E-state index in [1.54, 1.807) is 43.3 Å². The smallest absolute Gasteiger partial charge is 0.466 e. The highest BCUT2D eigenvalue weighted by Crippen LogP contribution is 2.39. The van der Waals surface area contributed by atoms with Crippen LogP contribution in [0, 0.1) is 0 Å². The van der Waals surface area contributed by atoms with Crippen LogP contribution in [-0.4, -0.2) is 50.5 Å². The van der Waals surface area contributed by atoms with E-state index in [0.717, 1.165) is 35.3 Å². The van der Waals surface area contributed by atoms with Crippen LogP contribution < -0.4 is 15.4 Å². The average Bonchev–Trinajstić information content (AvgIpc) is 3.60. The van der Waals surface area contributed by atoms with Gasteiger partial charge in [0.15, 0.2) is 0 Å². The number of nitrogens with one attached hydrogen (secondary N) is 2. The number of carbonyl (C=O) groups is 3. The van der Waals surface area contributed by atoms with Crippen molar-refractivity contribution in [3.63, 3.8) is 0 Å². The highest BCUT2D eigenvalue weighted by Gasteiger charge is 2.33. The van der Waals surface area contributed by atoms with E-state index in [4.69, 9.17) is 13.9 Å². The second kappa shape index (κ2) is 20.7. The Hall–Kier alpha value is -5.62. The average molecular weight is 761 g/mol. The van der Waals surface area contributed by atoms with Crippen molar-refractivity contribution in [1.29, 1.82) is 0 Å². The van der Waals surface area contributed by atoms with Crippen molar-refractivity contribution >= 4 is 34.4 Å². The third kappa shape index (κ3) is 12.7. The molecular formula is C43H47F3N2O7. The number of amides is 2. The van der Waals surface area contributed by atoms with Gasteiger partial charge in [-0.15, -0.1) is 13.2 Å². The second-order valence-corrected chi connectivity index (χ2v) is 12.4. The number of fused-ring (bicyclic) bond motifs is 1. The lowest BCUT2D eigenvalue weighted by Crippen LogP contribution is -2.27. The molecule has 0 bridgehead atoms. The van der Waals surface area contributed by atoms with Gasteiger partial charge in [-0.3, -0.25) is 14.4 Å². The third-order valence-corrected chi connectivity index (χ3v) is 8.55. The Kier molecular flexibility index (Phi) is 15.9. The Labute approximate surface area is 319 Å². The number of carbonyl (C=O) groups excluding carboxylic acids is 3. The molecule has 0 aliphatic carbocycles. The maximum absolute atomic E-state index is 14.1. The molecular weight excluding hydrogens is 713 g/mol. The van der Waals surface area contributed by atoms with Crippen molar-refractivity contribution in [2.45, 2.75) is 65.2 Å². The van der Waals surface area contributed by atoms with E-state index >= 15 is 0 Å². The van der Waals surface area contributed by atoms with Crippen LogP contribution in [0.15, 0.2) is 108 Å². The lowest BCUT2D eigenvalue weighted by molar-refractivity contribution is -0.274. The molecule has 0 saturated carbocycles. The van der Waals surface area contributed by atoms with Crippen molar-refractivity contribution < 1.29 is 46.2 Å². The van der Waals surface area contributed by atoms with Crippen LogP contribution in [0.1, 0.15) is 80.3 Å². The molecule has 4 aromatic carbocycles. The van der Waals surface area contributed by atoms with Gasteiger partial charge in [0.25, 0.3) is 5.91 Å². The Morgan fingerprint density at radius 3 is 2.02 bits per heavy atom. The van der Waals surface area contributed by atoms with Gasteiger partial charge in [0, 0.05) is 42.0 Å². The fourth-order valence-corrected chi connectivity index (χ4v) is 6.04. The molecule has 1 aromatic heterocycles. The molecule has 5 aromatic rings. The van der Waals surface area contributed by atoms with Crippen molar-refractivity contribution in [2.24, 2.45) is 0 Å². The minimum absolute atomic E-state index is 0.0441. The number of esters is 1. The predicted octanol–water partition coefficient (Wildman–Crippen LogP) is 10.0. The summed E-state index contributed by atoms with van der Waals surface area (Å²) >= 11 is 0. The fourth-order valence-electron chi connectivity index (χ4n) is 6.04. The highest BCUT2D eigenvalue weighted by molar-refractivity contribution is 5.97. The summed E-state index contributed by atoms with van der Waals surface area (Å²) in [7, 11) is 0. The van der Waals surface area contributed by atoms with Crippen LogP contribution in [0.25, 0.3) is 22.3 Å². The van der Waals surface area contributed by atoms with E-state index in [-0.39, 0.29) is 31.4 Å². The van der Waals surface area contributed by atoms with Gasteiger partial charge in [-0.25, -0.2) is 0 Å². The minimum Gasteiger partial charge on any atom is -0.466 e. The van der Waals surface area contributed by atoms with Crippen LogP contribution in [0.4, 0.5) is 18.9 Å². The summed E-state index contributed by atoms with van der Waals surface area (Å²) in [5.41, 5.74) is 3.75. The van der Waals surface area contributed by atoms with Gasteiger partial charge in [-0.1, -0.05) is 55.8 Å². The van der Waals surface area contributed by atoms with Gasteiger partial charge in [0.2, 0.25) is 5.91 Å². The van der Waals surface area contributed by atoms with Gasteiger partial charge < -0.3 is 29.3 Å². The molecule has 2 atom stereocenters. The molecule has 0 unspecified atom stereocenters. The van der Waals surface area contributed by atoms with E-state index in [2.05, 4.69) is 15.4 Å². The van der Waals surface area contributed by atoms with Crippen molar-refractivity contribution in [1.82, 2.24) is 5.32 Å². The molecule has 0 radical (unpaired) electrons. The number of rotatable bonds is 16. The Bertz CT molecular complexity index is 1920. The quantitative estimate of drug-likeness (QED) is 0.0962. The summed E-state index contributed by atoms with van der Waals surface area (Å²) in [6, 6.07) is 29.0. The van der Waals surface area contributed by atoms with Crippen LogP contribution in [0.2, 0.25) is 0 Å². The number of ether oxygens (including phenoxy) is 3. The Balaban J connectivity index is 0.00000126. The lowest BCUT2D eigenvalue weighted by Gasteiger charge is -2.28. The molecule has 0 aliphatic rings. The van der Waals surface area contributed by atoms with E-state index in [1.807, 2.05) is 63.2 Å². The molecule has 9 nitrogen and oxygen atoms in total. The Morgan fingerprint density at radius 1 is 0.782 bits per heavy atom. The van der Waals surface area contributed by atoms with Crippen LogP contribution in [-0.2, 0) is 19.1 Å². The van der Waals surface area contributed by atoms with Crippen molar-refractivity contribution in [2.75, 3.05) is 31.7 Å². The summed E-state index contributed by atoms with van der Waals surface area (Å²) in [6.45, 7) is 9.72. The third-order valence-electron chi connectivity index (χ3n) is 8.55. The topological polar surface area (TPSA) is 116 Å². The summed E-state index contributed by atoms with van der Waals surface area (Å²) in [6.07, 6.45) is -3.55. The molecule has 292 valence electrons. The monoisotopic (exact) mass is 760 g/mol. The number of halogens is 3. The van der Waals surface area contributed by atoms with E-state index in [9.17, 15) is 27.6 Å². The van der Waals surface area contributed by atoms with Crippen LogP contribution in [0.3, 0.4) is 0 Å². The maximum atomic E-state index is 14.1. The standard InChI is InChI=1S/C39H37F3N2O6.C4H10O/c1-3-7-32(25-10-12-28(13-11-25)37(46)43-23-22-35(45)48-4-2)36(27-16-20-31(21-17-27)50-39(40,41)42)38(47)44-30-18-14-26(15-19-30)34-24-29-8-5-6-9-33(29)49-34;1-3-5-4-2/h5-6,8-21,24,32,36H,3-4,7,22-23H2,1-2H3,(H,43,46)(H,44,47);3-4H2,1-2H3/t32-,36+;/m0./s1. The zero-order chi connectivity index (χ0) is 39.8. The second-order valence-electron chi connectivity index (χ2n) is 12.4. The maximum Gasteiger partial charge on any atom is 0.573 e. The number of hydrogen-bond acceptors (Lipinski definition) is 7. The minimum atomic E-state index is -4.86. The molecule has 2 N–H and O–H groups in total. The highest BCUT2D eigenvalue weighted by atomic mass is 19.4. The van der Waals surface area contributed by atoms with E-state index in [0.29, 0.717) is 35.4 Å². The number of furan rings is 1. The number of hydrogen-bond donors (Lipinski definition) is 2. The summed E-state index contributed by atoms with van der Waals surface area (Å²) in [5, 5.41) is 6.66. The van der Waals surface area contributed by atoms with Crippen LogP contribution >= 0.6 is 0 Å². The molecule has 0 aliphatic heterocycles. The van der Waals surface area contributed by atoms with Gasteiger partial charge >= 0.3 is 12.3 Å². The van der Waals surface area contributed by atoms with Crippen LogP contribution in [0.5, 0.6) is 5.75 Å². The first-order chi connectivity index (χ1) is 26.5. The number of alkyl halides is 3. The largest absolute Gasteiger partial charge is 0.573 e. The molecule has 1 heterocycles. The number of anilines is 1. The number of benzene rings is 4. The first kappa shape index (κ1) is 42.1. The summed E-state index contributed by atoms with van der Waals surface area (Å²) < 4.78 is 58.4. The lowest BCUT2D eigenvalue weighted by atomic mass is 9.78. The van der Waals surface area contributed by atoms with E-state index < -0.39 is 29.9 Å². The molecule has 2 amide bonds. The zero-order valence-corrected chi connectivity index (χ0v) is 31.4. The molecule has 12 heteroatoms. The van der Waals surface area contributed by atoms with Crippen molar-refractivity contribution in [3.05, 3.63) is 120 Å². The van der Waals surface area contributed by atoms with Gasteiger partial charge in [-0.2, -0.15) is 0 Å². The van der Waals surface area contributed by atoms with Gasteiger partial charge in [0.05, 0.1) is 18.9 Å². The zero-order valence-electron chi connectivity index (χ0n) is 31.4. The first-order valence-electron chi connectivity index (χ1n) is 18.3. The predicted molar refractivity (Wildman–Crippen MR) is 206 cm³/mol. The molecule has 55 heavy (non-hydrogen) atoms. The van der Waals surface area contributed by atoms with E-state index in [1.165, 1.54) is 24.3 Å². The normalized spacial score (nSPS) is 12.2. The summed E-state index contributed by atoms with van der Waals surface area (Å²) in [5.74, 6) is -2.05. The van der Waals surface area contributed by atoms with Crippen molar-refractivity contribution in [3.8, 4) is 17.1 Å². The Morgan fingerprint density at radius 2 is 1.44 bits per heavy atom. The fraction of sp³-hybridized carbons (Fsp3) is 0.326. The molecule has 0 saturated heterocycles. The van der Waals surface area contributed by atoms with Gasteiger partial charge in [0.1, 0.15) is 17.1 Å². The first-order valence-corrected chi connectivity index (χ1v) is 18.3. The summed E-state index contributed by atoms with van der Waals surface area (Å²) in [4.78, 5) is 38.5. The molecule has 0 fully saturated rings. The number of para-hydroxylation sites is 1. The SMILES string of the molecule is CCC[C@@H](c1ccc(C(=O)NCCC(=O)OCC)cc1)[C@H](C(=O)Nc1ccc(-c2cc3ccccc3o2)cc1)c1ccc(OC(F)(F)F)cc1.CCOCC. The molecule has 5 rings (SSSR count). The molecule has 0 spiro atoms. The van der Waals surface area contributed by atoms with Gasteiger partial charge in [-0.05, 0) is 105 Å².